The SMILES string of the molecule is C=CCCN(C(=Nc1ncccc1CC)c1cc(Cl)c(C2=CCCC=C2F)nc1NC=O)C(C)CNC=O. The van der Waals surface area contributed by atoms with Crippen LogP contribution in [0.1, 0.15) is 49.9 Å². The number of rotatable bonds is 13. The van der Waals surface area contributed by atoms with Crippen molar-refractivity contribution in [2.75, 3.05) is 18.4 Å². The number of hydrogen-bond acceptors (Lipinski definition) is 5. The molecule has 8 nitrogen and oxygen atoms in total. The normalized spacial score (nSPS) is 14.2. The first-order valence-electron chi connectivity index (χ1n) is 12.5. The predicted molar refractivity (Wildman–Crippen MR) is 150 cm³/mol. The van der Waals surface area contributed by atoms with Gasteiger partial charge in [0.05, 0.1) is 16.3 Å². The minimum atomic E-state index is -0.411. The number of amides is 2. The van der Waals surface area contributed by atoms with E-state index in [0.29, 0.717) is 68.8 Å². The van der Waals surface area contributed by atoms with Crippen LogP contribution in [0, 0.1) is 0 Å². The first kappa shape index (κ1) is 28.7. The van der Waals surface area contributed by atoms with Gasteiger partial charge in [0.25, 0.3) is 0 Å². The molecule has 1 aliphatic rings. The van der Waals surface area contributed by atoms with E-state index in [9.17, 15) is 14.0 Å². The Balaban J connectivity index is 2.28. The monoisotopic (exact) mass is 538 g/mol. The number of pyridine rings is 2. The van der Waals surface area contributed by atoms with Crippen molar-refractivity contribution in [2.45, 2.75) is 45.6 Å². The third-order valence-electron chi connectivity index (χ3n) is 6.10. The lowest BCUT2D eigenvalue weighted by molar-refractivity contribution is -0.109. The van der Waals surface area contributed by atoms with E-state index >= 15 is 0 Å². The van der Waals surface area contributed by atoms with E-state index in [1.807, 2.05) is 30.9 Å². The second-order valence-corrected chi connectivity index (χ2v) is 9.05. The van der Waals surface area contributed by atoms with Crippen LogP contribution < -0.4 is 10.6 Å². The Bertz CT molecular complexity index is 1260. The molecule has 1 atom stereocenters. The quantitative estimate of drug-likeness (QED) is 0.154. The lowest BCUT2D eigenvalue weighted by Gasteiger charge is -2.33. The summed E-state index contributed by atoms with van der Waals surface area (Å²) in [7, 11) is 0. The molecule has 0 saturated heterocycles. The summed E-state index contributed by atoms with van der Waals surface area (Å²) in [5, 5.41) is 5.57. The molecule has 1 aliphatic carbocycles. The number of carbonyl (C=O) groups excluding carboxylic acids is 2. The summed E-state index contributed by atoms with van der Waals surface area (Å²) < 4.78 is 14.7. The summed E-state index contributed by atoms with van der Waals surface area (Å²) >= 11 is 6.70. The van der Waals surface area contributed by atoms with Crippen molar-refractivity contribution in [2.24, 2.45) is 4.99 Å². The van der Waals surface area contributed by atoms with E-state index in [1.54, 1.807) is 24.4 Å². The van der Waals surface area contributed by atoms with Crippen LogP contribution in [0.2, 0.25) is 5.02 Å². The predicted octanol–water partition coefficient (Wildman–Crippen LogP) is 5.38. The molecule has 0 bridgehead atoms. The molecular formula is C28H32ClFN6O2. The molecule has 1 unspecified atom stereocenters. The zero-order chi connectivity index (χ0) is 27.5. The van der Waals surface area contributed by atoms with Crippen molar-refractivity contribution >= 4 is 47.5 Å². The Morgan fingerprint density at radius 3 is 2.79 bits per heavy atom. The van der Waals surface area contributed by atoms with Crippen molar-refractivity contribution in [3.05, 3.63) is 76.9 Å². The van der Waals surface area contributed by atoms with Crippen LogP contribution in [-0.4, -0.2) is 52.7 Å². The molecule has 3 rings (SSSR count). The van der Waals surface area contributed by atoms with E-state index in [2.05, 4.69) is 27.2 Å². The second kappa shape index (κ2) is 14.2. The molecule has 2 amide bonds. The highest BCUT2D eigenvalue weighted by Gasteiger charge is 2.26. The van der Waals surface area contributed by atoms with Gasteiger partial charge in [-0.3, -0.25) is 9.59 Å². The van der Waals surface area contributed by atoms with Gasteiger partial charge in [0, 0.05) is 30.9 Å². The summed E-state index contributed by atoms with van der Waals surface area (Å²) in [4.78, 5) is 38.7. The van der Waals surface area contributed by atoms with Crippen LogP contribution in [0.3, 0.4) is 0 Å². The van der Waals surface area contributed by atoms with Crippen LogP contribution in [-0.2, 0) is 16.0 Å². The molecule has 2 N–H and O–H groups in total. The zero-order valence-corrected chi connectivity index (χ0v) is 22.3. The van der Waals surface area contributed by atoms with E-state index < -0.39 is 5.83 Å². The highest BCUT2D eigenvalue weighted by molar-refractivity contribution is 6.33. The van der Waals surface area contributed by atoms with Gasteiger partial charge in [-0.1, -0.05) is 36.7 Å². The fourth-order valence-electron chi connectivity index (χ4n) is 4.15. The standard InChI is InChI=1S/C28H32ClFN6O2/c1-4-6-14-36(19(3)16-31-17-37)28(35-26-20(5-2)10-9-13-32-26)22-15-23(29)25(34-27(22)33-18-38)21-11-7-8-12-24(21)30/h4,9-13,15,17-19H,1,5-8,14,16H2,2-3H3,(H,31,37)(H,33,34,38). The van der Waals surface area contributed by atoms with Gasteiger partial charge in [0.2, 0.25) is 12.8 Å². The average molecular weight is 539 g/mol. The number of aromatic nitrogens is 2. The summed E-state index contributed by atoms with van der Waals surface area (Å²) in [6.07, 6.45) is 10.4. The van der Waals surface area contributed by atoms with Crippen LogP contribution in [0.5, 0.6) is 0 Å². The Hall–Kier alpha value is -3.85. The molecule has 0 aliphatic heterocycles. The zero-order valence-electron chi connectivity index (χ0n) is 21.6. The summed E-state index contributed by atoms with van der Waals surface area (Å²) in [6.45, 7) is 8.62. The molecular weight excluding hydrogens is 507 g/mol. The molecule has 2 aromatic heterocycles. The maximum Gasteiger partial charge on any atom is 0.212 e. The number of nitrogens with zero attached hydrogens (tertiary/aromatic N) is 4. The third-order valence-corrected chi connectivity index (χ3v) is 6.39. The smallest absolute Gasteiger partial charge is 0.212 e. The molecule has 0 radical (unpaired) electrons. The van der Waals surface area contributed by atoms with Gasteiger partial charge in [-0.05, 0) is 56.4 Å². The highest BCUT2D eigenvalue weighted by atomic mass is 35.5. The van der Waals surface area contributed by atoms with Crippen molar-refractivity contribution in [3.63, 3.8) is 0 Å². The number of aliphatic imine (C=N–C) groups is 1. The molecule has 0 spiro atoms. The second-order valence-electron chi connectivity index (χ2n) is 8.65. The number of halogens is 2. The molecule has 0 aromatic carbocycles. The van der Waals surface area contributed by atoms with E-state index in [-0.39, 0.29) is 28.1 Å². The first-order valence-corrected chi connectivity index (χ1v) is 12.9. The van der Waals surface area contributed by atoms with Gasteiger partial charge in [0.15, 0.2) is 5.82 Å². The number of amidine groups is 1. The number of anilines is 1. The van der Waals surface area contributed by atoms with Gasteiger partial charge in [0.1, 0.15) is 17.5 Å². The van der Waals surface area contributed by atoms with E-state index in [0.717, 1.165) is 5.56 Å². The molecule has 0 saturated carbocycles. The molecule has 2 heterocycles. The lowest BCUT2D eigenvalue weighted by atomic mass is 10.0. The van der Waals surface area contributed by atoms with E-state index in [4.69, 9.17) is 16.6 Å². The minimum Gasteiger partial charge on any atom is -0.357 e. The van der Waals surface area contributed by atoms with Crippen LogP contribution in [0.15, 0.2) is 60.0 Å². The van der Waals surface area contributed by atoms with Gasteiger partial charge in [-0.2, -0.15) is 0 Å². The molecule has 200 valence electrons. The minimum absolute atomic E-state index is 0.172. The molecule has 10 heteroatoms. The van der Waals surface area contributed by atoms with Crippen molar-refractivity contribution in [3.8, 4) is 0 Å². The summed E-state index contributed by atoms with van der Waals surface area (Å²) in [6, 6.07) is 5.21. The fourth-order valence-corrected chi connectivity index (χ4v) is 4.40. The number of hydrogen-bond donors (Lipinski definition) is 2. The molecule has 2 aromatic rings. The molecule has 0 fully saturated rings. The third kappa shape index (κ3) is 6.92. The van der Waals surface area contributed by atoms with Crippen LogP contribution in [0.4, 0.5) is 16.0 Å². The van der Waals surface area contributed by atoms with Gasteiger partial charge < -0.3 is 15.5 Å². The Kier molecular flexibility index (Phi) is 10.7. The summed E-state index contributed by atoms with van der Waals surface area (Å²) in [5.74, 6) is 0.710. The van der Waals surface area contributed by atoms with E-state index in [1.165, 1.54) is 6.08 Å². The number of allylic oxidation sites excluding steroid dienone is 4. The van der Waals surface area contributed by atoms with Gasteiger partial charge >= 0.3 is 0 Å². The van der Waals surface area contributed by atoms with Gasteiger partial charge in [-0.15, -0.1) is 6.58 Å². The van der Waals surface area contributed by atoms with Crippen molar-refractivity contribution in [1.82, 2.24) is 20.2 Å². The molecule has 38 heavy (non-hydrogen) atoms. The topological polar surface area (TPSA) is 99.6 Å². The number of aryl methyl sites for hydroxylation is 1. The van der Waals surface area contributed by atoms with Crippen LogP contribution in [0.25, 0.3) is 5.57 Å². The van der Waals surface area contributed by atoms with Crippen LogP contribution >= 0.6 is 11.6 Å². The number of nitrogens with one attached hydrogen (secondary N) is 2. The van der Waals surface area contributed by atoms with Crippen molar-refractivity contribution in [1.29, 1.82) is 0 Å². The Morgan fingerprint density at radius 1 is 1.32 bits per heavy atom. The largest absolute Gasteiger partial charge is 0.357 e. The Morgan fingerprint density at radius 2 is 2.11 bits per heavy atom. The Labute approximate surface area is 227 Å². The average Bonchev–Trinajstić information content (AvgIpc) is 2.93. The highest BCUT2D eigenvalue weighted by Crippen LogP contribution is 2.35. The maximum absolute atomic E-state index is 14.7. The maximum atomic E-state index is 14.7. The van der Waals surface area contributed by atoms with Crippen molar-refractivity contribution < 1.29 is 14.0 Å². The first-order chi connectivity index (χ1) is 18.4. The van der Waals surface area contributed by atoms with Gasteiger partial charge in [-0.25, -0.2) is 19.4 Å². The lowest BCUT2D eigenvalue weighted by Crippen LogP contribution is -2.45. The fraction of sp³-hybridized carbons (Fsp3) is 0.321. The number of carbonyl (C=O) groups is 2. The summed E-state index contributed by atoms with van der Waals surface area (Å²) in [5.41, 5.74) is 1.87.